The second-order valence-electron chi connectivity index (χ2n) is 3.14. The number of esters is 1. The lowest BCUT2D eigenvalue weighted by molar-refractivity contribution is -0.139. The minimum atomic E-state index is -2.76. The van der Waals surface area contributed by atoms with E-state index in [1.807, 2.05) is 0 Å². The van der Waals surface area contributed by atoms with Crippen LogP contribution in [0.25, 0.3) is 0 Å². The third-order valence-corrected chi connectivity index (χ3v) is 3.12. The number of carbonyl (C=O) groups excluding carboxylic acids is 1. The van der Waals surface area contributed by atoms with Crippen molar-refractivity contribution in [2.45, 2.75) is 18.7 Å². The number of carbonyl (C=O) groups is 1. The van der Waals surface area contributed by atoms with Gasteiger partial charge in [-0.15, -0.1) is 11.6 Å². The van der Waals surface area contributed by atoms with Crippen LogP contribution in [0.2, 0.25) is 0 Å². The molecule has 0 atom stereocenters. The predicted molar refractivity (Wildman–Crippen MR) is 62.2 cm³/mol. The summed E-state index contributed by atoms with van der Waals surface area (Å²) in [6.45, 7) is 0. The number of pyridine rings is 1. The molecule has 0 N–H and O–H groups in total. The minimum absolute atomic E-state index is 0.00908. The molecule has 0 unspecified atom stereocenters. The molecule has 0 saturated heterocycles. The van der Waals surface area contributed by atoms with Crippen LogP contribution in [0.4, 0.5) is 8.78 Å². The number of halogens is 4. The van der Waals surface area contributed by atoms with Gasteiger partial charge in [-0.2, -0.15) is 0 Å². The Balaban J connectivity index is 3.28. The zero-order chi connectivity index (χ0) is 13.0. The summed E-state index contributed by atoms with van der Waals surface area (Å²) in [7, 11) is 1.19. The van der Waals surface area contributed by atoms with Gasteiger partial charge in [-0.05, 0) is 27.1 Å². The molecule has 0 saturated carbocycles. The molecule has 0 fully saturated rings. The topological polar surface area (TPSA) is 39.2 Å². The van der Waals surface area contributed by atoms with E-state index in [9.17, 15) is 13.6 Å². The standard InChI is InChI=1S/C10H9BrClF2NO2/c1-17-8(16)2-5-6(3-12)7(11)4-15-9(5)10(13)14/h4,10H,2-3H2,1H3. The van der Waals surface area contributed by atoms with Crippen LogP contribution < -0.4 is 0 Å². The zero-order valence-corrected chi connectivity index (χ0v) is 11.2. The maximum Gasteiger partial charge on any atom is 0.310 e. The zero-order valence-electron chi connectivity index (χ0n) is 8.84. The molecule has 0 bridgehead atoms. The molecule has 94 valence electrons. The maximum absolute atomic E-state index is 12.8. The van der Waals surface area contributed by atoms with E-state index in [1.54, 1.807) is 0 Å². The molecule has 0 spiro atoms. The summed E-state index contributed by atoms with van der Waals surface area (Å²) in [5.41, 5.74) is 0.118. The Morgan fingerprint density at radius 3 is 2.71 bits per heavy atom. The normalized spacial score (nSPS) is 10.7. The van der Waals surface area contributed by atoms with Gasteiger partial charge in [0, 0.05) is 16.5 Å². The molecule has 1 aromatic rings. The first-order valence-electron chi connectivity index (χ1n) is 4.58. The van der Waals surface area contributed by atoms with Crippen molar-refractivity contribution < 1.29 is 18.3 Å². The van der Waals surface area contributed by atoms with Gasteiger partial charge in [0.25, 0.3) is 6.43 Å². The van der Waals surface area contributed by atoms with Gasteiger partial charge in [0.2, 0.25) is 0 Å². The highest BCUT2D eigenvalue weighted by Crippen LogP contribution is 2.29. The van der Waals surface area contributed by atoms with E-state index in [-0.39, 0.29) is 17.9 Å². The summed E-state index contributed by atoms with van der Waals surface area (Å²) in [5, 5.41) is 0. The van der Waals surface area contributed by atoms with Crippen molar-refractivity contribution in [1.29, 1.82) is 0 Å². The fourth-order valence-electron chi connectivity index (χ4n) is 1.33. The summed E-state index contributed by atoms with van der Waals surface area (Å²) in [4.78, 5) is 14.8. The number of aromatic nitrogens is 1. The number of rotatable bonds is 4. The summed E-state index contributed by atoms with van der Waals surface area (Å²) in [6.07, 6.45) is -1.78. The number of hydrogen-bond acceptors (Lipinski definition) is 3. The number of hydrogen-bond donors (Lipinski definition) is 0. The smallest absolute Gasteiger partial charge is 0.310 e. The molecule has 7 heteroatoms. The summed E-state index contributed by atoms with van der Waals surface area (Å²) < 4.78 is 30.5. The number of methoxy groups -OCH3 is 1. The second-order valence-corrected chi connectivity index (χ2v) is 4.26. The van der Waals surface area contributed by atoms with E-state index >= 15 is 0 Å². The fraction of sp³-hybridized carbons (Fsp3) is 0.400. The van der Waals surface area contributed by atoms with Gasteiger partial charge in [0.1, 0.15) is 5.69 Å². The van der Waals surface area contributed by atoms with Crippen molar-refractivity contribution in [1.82, 2.24) is 4.98 Å². The lowest BCUT2D eigenvalue weighted by atomic mass is 10.0. The van der Waals surface area contributed by atoms with E-state index in [0.717, 1.165) is 0 Å². The van der Waals surface area contributed by atoms with Gasteiger partial charge >= 0.3 is 5.97 Å². The van der Waals surface area contributed by atoms with Crippen LogP contribution in [0, 0.1) is 0 Å². The predicted octanol–water partition coefficient (Wildman–Crippen LogP) is 3.24. The van der Waals surface area contributed by atoms with E-state index in [0.29, 0.717) is 10.0 Å². The average Bonchev–Trinajstić information content (AvgIpc) is 2.28. The molecule has 0 aromatic carbocycles. The third kappa shape index (κ3) is 3.35. The molecular formula is C10H9BrClF2NO2. The van der Waals surface area contributed by atoms with Crippen molar-refractivity contribution >= 4 is 33.5 Å². The van der Waals surface area contributed by atoms with E-state index < -0.39 is 18.1 Å². The Kier molecular flexibility index (Phi) is 5.27. The van der Waals surface area contributed by atoms with Gasteiger partial charge in [-0.3, -0.25) is 9.78 Å². The van der Waals surface area contributed by atoms with Crippen LogP contribution in [-0.2, 0) is 21.8 Å². The van der Waals surface area contributed by atoms with Gasteiger partial charge in [-0.1, -0.05) is 0 Å². The van der Waals surface area contributed by atoms with Crippen molar-refractivity contribution in [2.24, 2.45) is 0 Å². The van der Waals surface area contributed by atoms with Crippen LogP contribution in [0.1, 0.15) is 23.2 Å². The minimum Gasteiger partial charge on any atom is -0.469 e. The molecule has 0 aliphatic heterocycles. The number of alkyl halides is 3. The monoisotopic (exact) mass is 327 g/mol. The van der Waals surface area contributed by atoms with Crippen molar-refractivity contribution in [3.05, 3.63) is 27.5 Å². The Morgan fingerprint density at radius 1 is 1.59 bits per heavy atom. The Hall–Kier alpha value is -0.750. The van der Waals surface area contributed by atoms with E-state index in [4.69, 9.17) is 11.6 Å². The van der Waals surface area contributed by atoms with Crippen molar-refractivity contribution in [3.63, 3.8) is 0 Å². The summed E-state index contributed by atoms with van der Waals surface area (Å²) in [5.74, 6) is -0.604. The van der Waals surface area contributed by atoms with Gasteiger partial charge < -0.3 is 4.74 Å². The Labute approximate surface area is 110 Å². The third-order valence-electron chi connectivity index (χ3n) is 2.17. The largest absolute Gasteiger partial charge is 0.469 e. The first-order valence-corrected chi connectivity index (χ1v) is 5.91. The quantitative estimate of drug-likeness (QED) is 0.629. The molecule has 0 amide bonds. The SMILES string of the molecule is COC(=O)Cc1c(C(F)F)ncc(Br)c1CCl. The first kappa shape index (κ1) is 14.3. The van der Waals surface area contributed by atoms with Crippen molar-refractivity contribution in [2.75, 3.05) is 7.11 Å². The van der Waals surface area contributed by atoms with E-state index in [2.05, 4.69) is 25.7 Å². The number of ether oxygens (including phenoxy) is 1. The Morgan fingerprint density at radius 2 is 2.24 bits per heavy atom. The van der Waals surface area contributed by atoms with E-state index in [1.165, 1.54) is 13.3 Å². The highest BCUT2D eigenvalue weighted by molar-refractivity contribution is 9.10. The highest BCUT2D eigenvalue weighted by atomic mass is 79.9. The van der Waals surface area contributed by atoms with Crippen molar-refractivity contribution in [3.8, 4) is 0 Å². The molecule has 17 heavy (non-hydrogen) atoms. The highest BCUT2D eigenvalue weighted by Gasteiger charge is 2.22. The van der Waals surface area contributed by atoms with Crippen LogP contribution in [0.15, 0.2) is 10.7 Å². The molecular weight excluding hydrogens is 319 g/mol. The molecule has 3 nitrogen and oxygen atoms in total. The molecule has 0 radical (unpaired) electrons. The summed E-state index contributed by atoms with van der Waals surface area (Å²) in [6, 6.07) is 0. The lowest BCUT2D eigenvalue weighted by Gasteiger charge is -2.12. The number of nitrogens with zero attached hydrogens (tertiary/aromatic N) is 1. The summed E-state index contributed by atoms with van der Waals surface area (Å²) >= 11 is 8.84. The average molecular weight is 329 g/mol. The van der Waals surface area contributed by atoms with Gasteiger partial charge in [-0.25, -0.2) is 8.78 Å². The van der Waals surface area contributed by atoms with Gasteiger partial charge in [0.05, 0.1) is 13.5 Å². The van der Waals surface area contributed by atoms with Gasteiger partial charge in [0.15, 0.2) is 0 Å². The first-order chi connectivity index (χ1) is 8.01. The maximum atomic E-state index is 12.8. The molecule has 1 heterocycles. The second kappa shape index (κ2) is 6.26. The fourth-order valence-corrected chi connectivity index (χ4v) is 2.28. The van der Waals surface area contributed by atoms with Crippen LogP contribution in [0.5, 0.6) is 0 Å². The molecule has 1 rings (SSSR count). The lowest BCUT2D eigenvalue weighted by Crippen LogP contribution is -2.11. The van der Waals surface area contributed by atoms with Crippen LogP contribution >= 0.6 is 27.5 Å². The molecule has 0 aliphatic carbocycles. The van der Waals surface area contributed by atoms with Crippen LogP contribution in [0.3, 0.4) is 0 Å². The Bertz CT molecular complexity index is 429. The molecule has 0 aliphatic rings. The molecule has 1 aromatic heterocycles. The van der Waals surface area contributed by atoms with Crippen LogP contribution in [-0.4, -0.2) is 18.1 Å².